The second-order valence-electron chi connectivity index (χ2n) is 4.26. The second kappa shape index (κ2) is 6.28. The van der Waals surface area contributed by atoms with Crippen LogP contribution >= 0.6 is 24.0 Å². The van der Waals surface area contributed by atoms with E-state index in [1.165, 1.54) is 18.9 Å². The third kappa shape index (κ3) is 2.96. The van der Waals surface area contributed by atoms with Crippen LogP contribution in [-0.2, 0) is 4.79 Å². The zero-order valence-corrected chi connectivity index (χ0v) is 12.9. The first kappa shape index (κ1) is 14.9. The Hall–Kier alpha value is -1.53. The van der Waals surface area contributed by atoms with Gasteiger partial charge in [0.15, 0.2) is 11.5 Å². The van der Waals surface area contributed by atoms with Gasteiger partial charge in [-0.2, -0.15) is 0 Å². The number of phenols is 1. The topological polar surface area (TPSA) is 49.8 Å². The molecule has 2 rings (SSSR count). The number of carbonyl (C=O) groups is 1. The summed E-state index contributed by atoms with van der Waals surface area (Å²) in [6.07, 6.45) is 2.59. The van der Waals surface area contributed by atoms with Gasteiger partial charge in [0.2, 0.25) is 0 Å². The number of amides is 1. The van der Waals surface area contributed by atoms with E-state index in [4.69, 9.17) is 17.0 Å². The normalized spacial score (nSPS) is 17.1. The molecule has 20 heavy (non-hydrogen) atoms. The Bertz CT molecular complexity index is 584. The monoisotopic (exact) mass is 309 g/mol. The number of nitrogens with zero attached hydrogens (tertiary/aromatic N) is 1. The van der Waals surface area contributed by atoms with Crippen molar-refractivity contribution in [3.05, 3.63) is 28.7 Å². The molecule has 1 heterocycles. The van der Waals surface area contributed by atoms with Gasteiger partial charge in [-0.1, -0.05) is 37.0 Å². The van der Waals surface area contributed by atoms with Crippen LogP contribution in [0.2, 0.25) is 0 Å². The molecule has 0 aliphatic carbocycles. The highest BCUT2D eigenvalue weighted by Gasteiger charge is 2.31. The number of carbonyl (C=O) groups excluding carboxylic acids is 1. The maximum Gasteiger partial charge on any atom is 0.266 e. The molecule has 1 aliphatic heterocycles. The molecule has 1 fully saturated rings. The van der Waals surface area contributed by atoms with Crippen molar-refractivity contribution in [2.45, 2.75) is 13.3 Å². The minimum atomic E-state index is -0.0721. The first-order chi connectivity index (χ1) is 9.56. The van der Waals surface area contributed by atoms with Crippen LogP contribution in [0.4, 0.5) is 0 Å². The van der Waals surface area contributed by atoms with Crippen molar-refractivity contribution in [3.63, 3.8) is 0 Å². The van der Waals surface area contributed by atoms with Crippen molar-refractivity contribution >= 4 is 40.3 Å². The summed E-state index contributed by atoms with van der Waals surface area (Å²) in [5.74, 6) is 0.378. The minimum absolute atomic E-state index is 0.0466. The number of hydrogen-bond acceptors (Lipinski definition) is 5. The molecule has 0 unspecified atom stereocenters. The van der Waals surface area contributed by atoms with Gasteiger partial charge in [0, 0.05) is 6.54 Å². The quantitative estimate of drug-likeness (QED) is 0.684. The van der Waals surface area contributed by atoms with Crippen molar-refractivity contribution in [2.75, 3.05) is 13.7 Å². The number of hydrogen-bond donors (Lipinski definition) is 1. The van der Waals surface area contributed by atoms with E-state index in [9.17, 15) is 9.90 Å². The number of rotatable bonds is 4. The third-order valence-electron chi connectivity index (χ3n) is 2.82. The molecule has 1 amide bonds. The van der Waals surface area contributed by atoms with Crippen molar-refractivity contribution in [1.29, 1.82) is 0 Å². The highest BCUT2D eigenvalue weighted by molar-refractivity contribution is 8.26. The fraction of sp³-hybridized carbons (Fsp3) is 0.286. The van der Waals surface area contributed by atoms with Gasteiger partial charge in [-0.05, 0) is 30.2 Å². The molecule has 0 atom stereocenters. The summed E-state index contributed by atoms with van der Waals surface area (Å²) in [5, 5.41) is 9.74. The molecular weight excluding hydrogens is 294 g/mol. The fourth-order valence-corrected chi connectivity index (χ4v) is 3.17. The van der Waals surface area contributed by atoms with Crippen LogP contribution in [0.25, 0.3) is 6.08 Å². The lowest BCUT2D eigenvalue weighted by Gasteiger charge is -2.11. The number of thioether (sulfide) groups is 1. The number of ether oxygens (including phenoxy) is 1. The first-order valence-corrected chi connectivity index (χ1v) is 7.41. The van der Waals surface area contributed by atoms with Gasteiger partial charge in [0.1, 0.15) is 4.32 Å². The zero-order chi connectivity index (χ0) is 14.7. The van der Waals surface area contributed by atoms with E-state index in [2.05, 4.69) is 0 Å². The average molecular weight is 309 g/mol. The molecular formula is C14H15NO3S2. The van der Waals surface area contributed by atoms with Gasteiger partial charge in [0.25, 0.3) is 5.91 Å². The lowest BCUT2D eigenvalue weighted by atomic mass is 10.2. The SMILES string of the molecule is CCCN1C(=O)/C(=C/c2ccc(OC)c(O)c2)SC1=S. The highest BCUT2D eigenvalue weighted by atomic mass is 32.2. The Balaban J connectivity index is 2.26. The smallest absolute Gasteiger partial charge is 0.266 e. The summed E-state index contributed by atoms with van der Waals surface area (Å²) in [7, 11) is 1.49. The van der Waals surface area contributed by atoms with E-state index >= 15 is 0 Å². The van der Waals surface area contributed by atoms with E-state index < -0.39 is 0 Å². The van der Waals surface area contributed by atoms with Crippen LogP contribution in [0.5, 0.6) is 11.5 Å². The predicted molar refractivity (Wildman–Crippen MR) is 84.8 cm³/mol. The van der Waals surface area contributed by atoms with E-state index in [1.54, 1.807) is 29.2 Å². The van der Waals surface area contributed by atoms with Crippen LogP contribution in [0.3, 0.4) is 0 Å². The van der Waals surface area contributed by atoms with Gasteiger partial charge in [-0.25, -0.2) is 0 Å². The highest BCUT2D eigenvalue weighted by Crippen LogP contribution is 2.34. The van der Waals surface area contributed by atoms with Crippen molar-refractivity contribution in [3.8, 4) is 11.5 Å². The largest absolute Gasteiger partial charge is 0.504 e. The van der Waals surface area contributed by atoms with E-state index in [0.717, 1.165) is 12.0 Å². The van der Waals surface area contributed by atoms with E-state index in [0.29, 0.717) is 21.5 Å². The molecule has 106 valence electrons. The van der Waals surface area contributed by atoms with Gasteiger partial charge in [-0.15, -0.1) is 0 Å². The van der Waals surface area contributed by atoms with Crippen LogP contribution in [0.15, 0.2) is 23.1 Å². The zero-order valence-electron chi connectivity index (χ0n) is 11.3. The predicted octanol–water partition coefficient (Wildman–Crippen LogP) is 3.01. The lowest BCUT2D eigenvalue weighted by molar-refractivity contribution is -0.122. The molecule has 6 heteroatoms. The molecule has 0 radical (unpaired) electrons. The van der Waals surface area contributed by atoms with Crippen molar-refractivity contribution < 1.29 is 14.6 Å². The Morgan fingerprint density at radius 3 is 2.85 bits per heavy atom. The van der Waals surface area contributed by atoms with Gasteiger partial charge in [0.05, 0.1) is 12.0 Å². The Morgan fingerprint density at radius 1 is 1.50 bits per heavy atom. The molecule has 0 saturated carbocycles. The first-order valence-electron chi connectivity index (χ1n) is 6.19. The summed E-state index contributed by atoms with van der Waals surface area (Å²) >= 11 is 6.49. The second-order valence-corrected chi connectivity index (χ2v) is 5.94. The maximum atomic E-state index is 12.2. The summed E-state index contributed by atoms with van der Waals surface area (Å²) in [6.45, 7) is 2.64. The Labute approximate surface area is 127 Å². The van der Waals surface area contributed by atoms with Crippen LogP contribution < -0.4 is 4.74 Å². The minimum Gasteiger partial charge on any atom is -0.504 e. The molecule has 0 bridgehead atoms. The molecule has 0 aromatic heterocycles. The molecule has 1 saturated heterocycles. The summed E-state index contributed by atoms with van der Waals surface area (Å²) in [6, 6.07) is 5.00. The maximum absolute atomic E-state index is 12.2. The molecule has 1 aliphatic rings. The third-order valence-corrected chi connectivity index (χ3v) is 4.20. The average Bonchev–Trinajstić information content (AvgIpc) is 2.67. The number of methoxy groups -OCH3 is 1. The van der Waals surface area contributed by atoms with Crippen molar-refractivity contribution in [2.24, 2.45) is 0 Å². The number of thiocarbonyl (C=S) groups is 1. The number of phenolic OH excluding ortho intramolecular Hbond substituents is 1. The van der Waals surface area contributed by atoms with Gasteiger partial charge >= 0.3 is 0 Å². The fourth-order valence-electron chi connectivity index (χ4n) is 1.86. The number of benzene rings is 1. The van der Waals surface area contributed by atoms with Crippen LogP contribution in [-0.4, -0.2) is 33.9 Å². The van der Waals surface area contributed by atoms with Crippen molar-refractivity contribution in [1.82, 2.24) is 4.90 Å². The molecule has 1 N–H and O–H groups in total. The molecule has 1 aromatic rings. The standard InChI is InChI=1S/C14H15NO3S2/c1-3-6-15-13(17)12(20-14(15)19)8-9-4-5-11(18-2)10(16)7-9/h4-5,7-8,16H,3,6H2,1-2H3/b12-8-. The Kier molecular flexibility index (Phi) is 4.67. The van der Waals surface area contributed by atoms with Crippen LogP contribution in [0, 0.1) is 0 Å². The van der Waals surface area contributed by atoms with E-state index in [-0.39, 0.29) is 11.7 Å². The lowest BCUT2D eigenvalue weighted by Crippen LogP contribution is -2.28. The van der Waals surface area contributed by atoms with Gasteiger partial charge in [-0.3, -0.25) is 9.69 Å². The number of aromatic hydroxyl groups is 1. The Morgan fingerprint density at radius 2 is 2.25 bits per heavy atom. The van der Waals surface area contributed by atoms with Gasteiger partial charge < -0.3 is 9.84 Å². The summed E-state index contributed by atoms with van der Waals surface area (Å²) < 4.78 is 5.57. The summed E-state index contributed by atoms with van der Waals surface area (Å²) in [5.41, 5.74) is 0.736. The molecule has 0 spiro atoms. The van der Waals surface area contributed by atoms with Crippen LogP contribution in [0.1, 0.15) is 18.9 Å². The molecule has 1 aromatic carbocycles. The summed E-state index contributed by atoms with van der Waals surface area (Å²) in [4.78, 5) is 14.4. The van der Waals surface area contributed by atoms with E-state index in [1.807, 2.05) is 6.92 Å². The molecule has 4 nitrogen and oxygen atoms in total.